The van der Waals surface area contributed by atoms with E-state index in [1.807, 2.05) is 0 Å². The first kappa shape index (κ1) is 17.0. The van der Waals surface area contributed by atoms with Crippen LogP contribution in [0, 0.1) is 3.57 Å². The van der Waals surface area contributed by atoms with Gasteiger partial charge >= 0.3 is 27.6 Å². The number of halogens is 3. The molecule has 0 radical (unpaired) electrons. The van der Waals surface area contributed by atoms with Crippen molar-refractivity contribution < 1.29 is 30.5 Å². The van der Waals surface area contributed by atoms with E-state index in [9.17, 15) is 6.14 Å². The Hall–Kier alpha value is 0.0400. The van der Waals surface area contributed by atoms with Crippen molar-refractivity contribution in [2.24, 2.45) is 0 Å². The summed E-state index contributed by atoms with van der Waals surface area (Å²) in [4.78, 5) is 21.6. The van der Waals surface area contributed by atoms with Gasteiger partial charge in [0.2, 0.25) is 0 Å². The van der Waals surface area contributed by atoms with E-state index in [0.29, 0.717) is 0 Å². The maximum Gasteiger partial charge on any atom is 0.466 e. The Morgan fingerprint density at radius 1 is 1.12 bits per heavy atom. The predicted octanol–water partition coefficient (Wildman–Crippen LogP) is 2.14. The third-order valence-electron chi connectivity index (χ3n) is 1.13. The van der Waals surface area contributed by atoms with Crippen LogP contribution in [0.3, 0.4) is 0 Å². The zero-order chi connectivity index (χ0) is 13.8. The maximum absolute atomic E-state index is 10.6. The van der Waals surface area contributed by atoms with Crippen LogP contribution in [0.2, 0.25) is 10.0 Å². The van der Waals surface area contributed by atoms with Gasteiger partial charge in [0.15, 0.2) is 0 Å². The average Bonchev–Trinajstić information content (AvgIpc) is 1.95. The van der Waals surface area contributed by atoms with Gasteiger partial charge in [-0.1, -0.05) is 23.2 Å². The van der Waals surface area contributed by atoms with Crippen LogP contribution in [0.5, 0.6) is 5.75 Å². The summed E-state index contributed by atoms with van der Waals surface area (Å²) in [6.07, 6.45) is 0. The van der Waals surface area contributed by atoms with Gasteiger partial charge in [-0.3, -0.25) is 0 Å². The summed E-state index contributed by atoms with van der Waals surface area (Å²) >= 11 is 7.29. The number of rotatable bonds is 1. The number of aromatic hydroxyl groups is 1. The number of hydrogen-bond acceptors (Lipinski definition) is 4. The van der Waals surface area contributed by atoms with Crippen molar-refractivity contribution >= 4 is 50.8 Å². The minimum atomic E-state index is -4.64. The van der Waals surface area contributed by atoms with E-state index in [1.54, 1.807) is 0 Å². The van der Waals surface area contributed by atoms with Crippen molar-refractivity contribution in [1.29, 1.82) is 0 Å². The third-order valence-corrected chi connectivity index (χ3v) is 3.98. The molecule has 1 rings (SSSR count). The molecule has 0 aromatic heterocycles. The highest BCUT2D eigenvalue weighted by atomic mass is 127. The standard InChI is InChI=1S/C6H3Cl2IO3.H3O4P/c7-3-1-4(8)6(9(11)12)5(10)2-3;1-5(2,3)4/h1-2,10H;(H3,1,2,3,4). The first-order chi connectivity index (χ1) is 7.52. The molecule has 0 spiro atoms. The van der Waals surface area contributed by atoms with Crippen LogP contribution in [0.25, 0.3) is 0 Å². The summed E-state index contributed by atoms with van der Waals surface area (Å²) in [5.41, 5.74) is 0. The zero-order valence-electron chi connectivity index (χ0n) is 7.75. The van der Waals surface area contributed by atoms with Crippen LogP contribution in [-0.4, -0.2) is 19.8 Å². The summed E-state index contributed by atoms with van der Waals surface area (Å²) in [6, 6.07) is 2.42. The number of benzene rings is 1. The molecule has 0 bridgehead atoms. The van der Waals surface area contributed by atoms with Crippen LogP contribution in [-0.2, 0) is 10.7 Å². The van der Waals surface area contributed by atoms with Crippen molar-refractivity contribution in [1.82, 2.24) is 0 Å². The molecule has 17 heavy (non-hydrogen) atoms. The Labute approximate surface area is 112 Å². The van der Waals surface area contributed by atoms with Crippen LogP contribution in [0.15, 0.2) is 12.1 Å². The molecule has 7 nitrogen and oxygen atoms in total. The highest BCUT2D eigenvalue weighted by molar-refractivity contribution is 14.2. The van der Waals surface area contributed by atoms with Gasteiger partial charge in [0, 0.05) is 5.02 Å². The first-order valence-electron chi connectivity index (χ1n) is 3.54. The number of phosphoric acid groups is 1. The predicted molar refractivity (Wildman–Crippen MR) is 66.5 cm³/mol. The molecule has 0 aliphatic rings. The summed E-state index contributed by atoms with van der Waals surface area (Å²) in [7, 11) is -4.64. The van der Waals surface area contributed by atoms with Crippen LogP contribution in [0.1, 0.15) is 0 Å². The molecule has 0 heterocycles. The Bertz CT molecular complexity index is 484. The fraction of sp³-hybridized carbons (Fsp3) is 0. The highest BCUT2D eigenvalue weighted by Crippen LogP contribution is 2.36. The largest absolute Gasteiger partial charge is 0.507 e. The number of hydrogen-bond donors (Lipinski definition) is 4. The van der Waals surface area contributed by atoms with Gasteiger partial charge in [-0.15, -0.1) is 0 Å². The Morgan fingerprint density at radius 2 is 1.53 bits per heavy atom. The van der Waals surface area contributed by atoms with Gasteiger partial charge < -0.3 is 19.8 Å². The summed E-state index contributed by atoms with van der Waals surface area (Å²) in [5, 5.41) is 9.29. The second-order valence-electron chi connectivity index (χ2n) is 2.45. The quantitative estimate of drug-likeness (QED) is 0.312. The number of phenolic OH excluding ortho intramolecular Hbond substituents is 1. The van der Waals surface area contributed by atoms with Crippen molar-refractivity contribution in [2.75, 3.05) is 0 Å². The van der Waals surface area contributed by atoms with Gasteiger partial charge in [0.05, 0.1) is 5.02 Å². The molecule has 0 fully saturated rings. The van der Waals surface area contributed by atoms with Crippen molar-refractivity contribution in [3.8, 4) is 5.75 Å². The lowest BCUT2D eigenvalue weighted by molar-refractivity contribution is 0.275. The van der Waals surface area contributed by atoms with E-state index >= 15 is 0 Å². The molecule has 0 saturated heterocycles. The summed E-state index contributed by atoms with van der Waals surface area (Å²) in [5.74, 6) is -0.386. The first-order valence-corrected chi connectivity index (χ1v) is 8.70. The van der Waals surface area contributed by atoms with Gasteiger partial charge in [0.1, 0.15) is 9.32 Å². The highest BCUT2D eigenvalue weighted by Gasteiger charge is 2.12. The van der Waals surface area contributed by atoms with Gasteiger partial charge in [-0.25, -0.2) is 10.7 Å². The smallest absolute Gasteiger partial charge is 0.466 e. The lowest BCUT2D eigenvalue weighted by atomic mass is 10.3. The Kier molecular flexibility index (Phi) is 6.85. The third kappa shape index (κ3) is 7.87. The SMILES string of the molecule is O=I(=O)c1c(O)cc(Cl)cc1Cl.O=P(O)(O)O. The Balaban J connectivity index is 0.000000437. The molecule has 1 aromatic carbocycles. The molecule has 0 saturated carbocycles. The molecule has 0 unspecified atom stereocenters. The molecular formula is C6H6Cl2IO7P. The molecule has 0 aliphatic carbocycles. The maximum atomic E-state index is 10.6. The lowest BCUT2D eigenvalue weighted by Gasteiger charge is -1.98. The van der Waals surface area contributed by atoms with Crippen molar-refractivity contribution in [3.05, 3.63) is 25.7 Å². The molecule has 1 aromatic rings. The van der Waals surface area contributed by atoms with Crippen LogP contribution < -0.4 is 0 Å². The normalized spacial score (nSPS) is 10.9. The van der Waals surface area contributed by atoms with E-state index in [2.05, 4.69) is 0 Å². The van der Waals surface area contributed by atoms with E-state index < -0.39 is 27.6 Å². The second kappa shape index (κ2) is 6.83. The zero-order valence-corrected chi connectivity index (χ0v) is 12.3. The molecule has 4 N–H and O–H groups in total. The minimum Gasteiger partial charge on any atom is -0.507 e. The van der Waals surface area contributed by atoms with E-state index in [1.165, 1.54) is 6.07 Å². The monoisotopic (exact) mass is 418 g/mol. The molecule has 0 atom stereocenters. The summed E-state index contributed by atoms with van der Waals surface area (Å²) < 4.78 is 29.9. The second-order valence-corrected chi connectivity index (χ2v) is 6.64. The Morgan fingerprint density at radius 3 is 1.82 bits per heavy atom. The average molecular weight is 419 g/mol. The fourth-order valence-electron chi connectivity index (χ4n) is 0.695. The van der Waals surface area contributed by atoms with Gasteiger partial charge in [-0.2, -0.15) is 0 Å². The lowest BCUT2D eigenvalue weighted by Crippen LogP contribution is -1.78. The van der Waals surface area contributed by atoms with Gasteiger partial charge in [0.25, 0.3) is 0 Å². The molecule has 11 heteroatoms. The molecular weight excluding hydrogens is 413 g/mol. The van der Waals surface area contributed by atoms with Crippen LogP contribution in [0.4, 0.5) is 0 Å². The molecule has 0 amide bonds. The van der Waals surface area contributed by atoms with E-state index in [-0.39, 0.29) is 19.4 Å². The number of phenols is 1. The topological polar surface area (TPSA) is 132 Å². The summed E-state index contributed by atoms with van der Waals surface area (Å²) in [6.45, 7) is 0. The molecule has 0 aliphatic heterocycles. The van der Waals surface area contributed by atoms with E-state index in [4.69, 9.17) is 47.6 Å². The van der Waals surface area contributed by atoms with Crippen LogP contribution >= 0.6 is 50.8 Å². The molecule has 98 valence electrons. The minimum absolute atomic E-state index is 0.0322. The van der Waals surface area contributed by atoms with Crippen molar-refractivity contribution in [3.63, 3.8) is 0 Å². The van der Waals surface area contributed by atoms with Gasteiger partial charge in [-0.05, 0) is 12.1 Å². The van der Waals surface area contributed by atoms with Crippen molar-refractivity contribution in [2.45, 2.75) is 0 Å². The fourth-order valence-corrected chi connectivity index (χ4v) is 2.75. The van der Waals surface area contributed by atoms with E-state index in [0.717, 1.165) is 6.07 Å².